The number of Topliss-reactive ketones (excluding diaryl/α,β-unsaturated/α-hetero) is 1. The highest BCUT2D eigenvalue weighted by atomic mass is 16.5. The van der Waals surface area contributed by atoms with Crippen LogP contribution < -0.4 is 18.9 Å². The number of ether oxygens (including phenoxy) is 4. The number of rotatable bonds is 11. The maximum atomic E-state index is 13.8. The number of hydrogen-bond acceptors (Lipinski definition) is 7. The van der Waals surface area contributed by atoms with Crippen LogP contribution in [0.4, 0.5) is 0 Å². The third-order valence-electron chi connectivity index (χ3n) is 6.17. The molecular formula is C28H31N3O5. The number of carbonyl (C=O) groups is 1. The van der Waals surface area contributed by atoms with Gasteiger partial charge >= 0.3 is 0 Å². The molecule has 0 radical (unpaired) electrons. The molecule has 8 nitrogen and oxygen atoms in total. The van der Waals surface area contributed by atoms with Crippen LogP contribution in [0.1, 0.15) is 42.2 Å². The topological polar surface area (TPSA) is 84.7 Å². The van der Waals surface area contributed by atoms with E-state index in [0.717, 1.165) is 29.4 Å². The zero-order valence-electron chi connectivity index (χ0n) is 21.3. The molecule has 4 rings (SSSR count). The van der Waals surface area contributed by atoms with E-state index in [1.165, 1.54) is 0 Å². The highest BCUT2D eigenvalue weighted by molar-refractivity contribution is 6.11. The van der Waals surface area contributed by atoms with Crippen molar-refractivity contribution in [1.29, 1.82) is 0 Å². The number of aromatic nitrogens is 3. The molecule has 0 atom stereocenters. The molecule has 0 unspecified atom stereocenters. The van der Waals surface area contributed by atoms with Crippen LogP contribution >= 0.6 is 0 Å². The lowest BCUT2D eigenvalue weighted by Crippen LogP contribution is -2.12. The second kappa shape index (κ2) is 11.1. The van der Waals surface area contributed by atoms with Crippen molar-refractivity contribution < 1.29 is 23.7 Å². The number of benzene rings is 2. The normalized spacial score (nSPS) is 10.9. The predicted molar refractivity (Wildman–Crippen MR) is 139 cm³/mol. The van der Waals surface area contributed by atoms with Gasteiger partial charge < -0.3 is 23.5 Å². The van der Waals surface area contributed by atoms with Gasteiger partial charge in [-0.15, -0.1) is 0 Å². The van der Waals surface area contributed by atoms with Crippen LogP contribution in [0.2, 0.25) is 0 Å². The van der Waals surface area contributed by atoms with E-state index in [-0.39, 0.29) is 5.78 Å². The summed E-state index contributed by atoms with van der Waals surface area (Å²) in [5, 5.41) is 0.786. The van der Waals surface area contributed by atoms with E-state index >= 15 is 0 Å². The average molecular weight is 490 g/mol. The highest BCUT2D eigenvalue weighted by Gasteiger charge is 2.24. The monoisotopic (exact) mass is 489 g/mol. The molecule has 0 aliphatic carbocycles. The molecule has 0 N–H and O–H groups in total. The molecule has 0 saturated heterocycles. The third kappa shape index (κ3) is 4.84. The number of fused-ring (bicyclic) bond motifs is 1. The average Bonchev–Trinajstić information content (AvgIpc) is 3.42. The molecule has 0 amide bonds. The Labute approximate surface area is 210 Å². The first-order valence-electron chi connectivity index (χ1n) is 11.8. The zero-order valence-corrected chi connectivity index (χ0v) is 21.3. The van der Waals surface area contributed by atoms with E-state index in [1.807, 2.05) is 41.1 Å². The smallest absolute Gasteiger partial charge is 0.165 e. The fourth-order valence-corrected chi connectivity index (χ4v) is 4.36. The summed E-state index contributed by atoms with van der Waals surface area (Å²) in [5.41, 5.74) is 3.54. The summed E-state index contributed by atoms with van der Waals surface area (Å²) in [6.07, 6.45) is 7.42. The van der Waals surface area contributed by atoms with Crippen molar-refractivity contribution >= 4 is 16.7 Å². The molecule has 0 spiro atoms. The van der Waals surface area contributed by atoms with Gasteiger partial charge in [-0.25, -0.2) is 9.97 Å². The number of hydrogen-bond donors (Lipinski definition) is 0. The molecule has 0 saturated carbocycles. The molecule has 2 aromatic carbocycles. The van der Waals surface area contributed by atoms with E-state index in [9.17, 15) is 4.79 Å². The summed E-state index contributed by atoms with van der Waals surface area (Å²) in [6.45, 7) is 2.47. The van der Waals surface area contributed by atoms with Gasteiger partial charge in [0.15, 0.2) is 28.8 Å². The number of carbonyl (C=O) groups excluding carboxylic acids is 1. The minimum atomic E-state index is 0.0425. The summed E-state index contributed by atoms with van der Waals surface area (Å²) >= 11 is 0. The summed E-state index contributed by atoms with van der Waals surface area (Å²) in [6, 6.07) is 9.39. The van der Waals surface area contributed by atoms with Crippen LogP contribution in [0.15, 0.2) is 49.1 Å². The minimum Gasteiger partial charge on any atom is -0.493 e. The molecule has 188 valence electrons. The van der Waals surface area contributed by atoms with Gasteiger partial charge in [-0.05, 0) is 30.2 Å². The van der Waals surface area contributed by atoms with Gasteiger partial charge in [0.25, 0.3) is 0 Å². The van der Waals surface area contributed by atoms with Crippen molar-refractivity contribution in [2.24, 2.45) is 0 Å². The van der Waals surface area contributed by atoms with Gasteiger partial charge in [-0.1, -0.05) is 19.4 Å². The number of methoxy groups -OCH3 is 4. The van der Waals surface area contributed by atoms with Gasteiger partial charge in [0, 0.05) is 41.4 Å². The number of ketones is 1. The highest BCUT2D eigenvalue weighted by Crippen LogP contribution is 2.42. The molecular weight excluding hydrogens is 458 g/mol. The lowest BCUT2D eigenvalue weighted by atomic mass is 9.89. The number of imidazole rings is 1. The second-order valence-electron chi connectivity index (χ2n) is 8.36. The van der Waals surface area contributed by atoms with E-state index in [1.54, 1.807) is 41.0 Å². The van der Waals surface area contributed by atoms with Gasteiger partial charge in [-0.2, -0.15) is 0 Å². The van der Waals surface area contributed by atoms with Gasteiger partial charge in [0.1, 0.15) is 0 Å². The Morgan fingerprint density at radius 2 is 1.61 bits per heavy atom. The summed E-state index contributed by atoms with van der Waals surface area (Å²) in [5.74, 6) is 2.35. The van der Waals surface area contributed by atoms with Crippen LogP contribution in [-0.4, -0.2) is 48.8 Å². The predicted octanol–water partition coefficient (Wildman–Crippen LogP) is 5.55. The van der Waals surface area contributed by atoms with Crippen LogP contribution in [0.5, 0.6) is 23.0 Å². The first-order valence-corrected chi connectivity index (χ1v) is 11.8. The van der Waals surface area contributed by atoms with Gasteiger partial charge in [-0.3, -0.25) is 4.79 Å². The van der Waals surface area contributed by atoms with Crippen molar-refractivity contribution in [2.45, 2.75) is 32.7 Å². The maximum absolute atomic E-state index is 13.8. The molecule has 8 heteroatoms. The molecule has 0 aliphatic rings. The number of unbranched alkanes of at least 4 members (excludes halogenated alkanes) is 1. The molecule has 36 heavy (non-hydrogen) atoms. The van der Waals surface area contributed by atoms with Crippen LogP contribution in [-0.2, 0) is 6.54 Å². The Hall–Kier alpha value is -4.07. The SMILES string of the molecule is CCCCC(=O)c1c(Cn2ccnc2)nc2cc(OC)c(OC)cc2c1-c1ccc(OC)c(OC)c1. The fraction of sp³-hybridized carbons (Fsp3) is 0.321. The largest absolute Gasteiger partial charge is 0.493 e. The Morgan fingerprint density at radius 1 is 0.917 bits per heavy atom. The second-order valence-corrected chi connectivity index (χ2v) is 8.36. The lowest BCUT2D eigenvalue weighted by molar-refractivity contribution is 0.0979. The Kier molecular flexibility index (Phi) is 7.73. The Balaban J connectivity index is 2.09. The number of pyridine rings is 1. The lowest BCUT2D eigenvalue weighted by Gasteiger charge is -2.20. The van der Waals surface area contributed by atoms with Crippen LogP contribution in [0.3, 0.4) is 0 Å². The van der Waals surface area contributed by atoms with Gasteiger partial charge in [0.05, 0.1) is 52.5 Å². The van der Waals surface area contributed by atoms with Crippen molar-refractivity contribution in [2.75, 3.05) is 28.4 Å². The summed E-state index contributed by atoms with van der Waals surface area (Å²) in [7, 11) is 6.37. The standard InChI is InChI=1S/C28H31N3O5/c1-6-7-8-22(32)28-21(16-31-12-11-29-17-31)30-20-15-26(36-5)25(35-4)14-19(20)27(28)18-9-10-23(33-2)24(13-18)34-3/h9-15,17H,6-8,16H2,1-5H3. The Bertz CT molecular complexity index is 1370. The number of nitrogens with zero attached hydrogens (tertiary/aromatic N) is 3. The van der Waals surface area contributed by atoms with E-state index in [0.29, 0.717) is 52.7 Å². The van der Waals surface area contributed by atoms with Crippen LogP contribution in [0, 0.1) is 0 Å². The fourth-order valence-electron chi connectivity index (χ4n) is 4.36. The summed E-state index contributed by atoms with van der Waals surface area (Å²) < 4.78 is 24.1. The van der Waals surface area contributed by atoms with E-state index in [4.69, 9.17) is 23.9 Å². The zero-order chi connectivity index (χ0) is 25.7. The molecule has 0 fully saturated rings. The van der Waals surface area contributed by atoms with Crippen molar-refractivity contribution in [3.63, 3.8) is 0 Å². The van der Waals surface area contributed by atoms with Crippen molar-refractivity contribution in [1.82, 2.24) is 14.5 Å². The minimum absolute atomic E-state index is 0.0425. The molecule has 0 bridgehead atoms. The molecule has 2 aromatic heterocycles. The maximum Gasteiger partial charge on any atom is 0.165 e. The van der Waals surface area contributed by atoms with E-state index in [2.05, 4.69) is 11.9 Å². The van der Waals surface area contributed by atoms with Gasteiger partial charge in [0.2, 0.25) is 0 Å². The first kappa shape index (κ1) is 25.0. The van der Waals surface area contributed by atoms with Crippen molar-refractivity contribution in [3.8, 4) is 34.1 Å². The van der Waals surface area contributed by atoms with Crippen LogP contribution in [0.25, 0.3) is 22.0 Å². The molecule has 2 heterocycles. The Morgan fingerprint density at radius 3 is 2.25 bits per heavy atom. The molecule has 4 aromatic rings. The molecule has 0 aliphatic heterocycles. The quantitative estimate of drug-likeness (QED) is 0.255. The van der Waals surface area contributed by atoms with Crippen molar-refractivity contribution in [3.05, 3.63) is 60.3 Å². The van der Waals surface area contributed by atoms with E-state index < -0.39 is 0 Å². The summed E-state index contributed by atoms with van der Waals surface area (Å²) in [4.78, 5) is 22.9. The third-order valence-corrected chi connectivity index (χ3v) is 6.17. The first-order chi connectivity index (χ1) is 17.5.